The van der Waals surface area contributed by atoms with E-state index in [1.165, 1.54) is 12.2 Å². The van der Waals surface area contributed by atoms with Crippen molar-refractivity contribution in [2.45, 2.75) is 65.4 Å². The molecule has 1 unspecified atom stereocenters. The van der Waals surface area contributed by atoms with E-state index >= 15 is 0 Å². The summed E-state index contributed by atoms with van der Waals surface area (Å²) in [6.45, 7) is 7.80. The van der Waals surface area contributed by atoms with Gasteiger partial charge in [0.05, 0.1) is 25.9 Å². The van der Waals surface area contributed by atoms with Gasteiger partial charge in [-0.3, -0.25) is 0 Å². The zero-order valence-electron chi connectivity index (χ0n) is 21.8. The van der Waals surface area contributed by atoms with E-state index in [4.69, 9.17) is 9.47 Å². The van der Waals surface area contributed by atoms with Gasteiger partial charge in [0.1, 0.15) is 5.76 Å². The van der Waals surface area contributed by atoms with Crippen LogP contribution in [0.2, 0.25) is 0 Å². The molecule has 0 aromatic heterocycles. The Bertz CT molecular complexity index is 981. The normalized spacial score (nSPS) is 20.9. The van der Waals surface area contributed by atoms with E-state index in [0.717, 1.165) is 31.3 Å². The highest BCUT2D eigenvalue weighted by Crippen LogP contribution is 2.38. The summed E-state index contributed by atoms with van der Waals surface area (Å²) in [5, 5.41) is 9.77. The van der Waals surface area contributed by atoms with Gasteiger partial charge in [0, 0.05) is 5.56 Å². The molecule has 3 nitrogen and oxygen atoms in total. The number of hydrogen-bond acceptors (Lipinski definition) is 3. The van der Waals surface area contributed by atoms with Gasteiger partial charge in [-0.1, -0.05) is 42.5 Å². The number of aliphatic hydroxyl groups is 1. The van der Waals surface area contributed by atoms with Crippen LogP contribution in [0.25, 0.3) is 6.08 Å². The molecule has 198 valence electrons. The standard InChI is InChI=1S/C30H39F3O3/c1-5-9-22(20-35-19-18-27(31)28(6-2)36-7-3)10-8-11-25-16-17-26(30(33)29(25)32)24-14-12-23(13-15-24)21(4)34/h5-6,8-11,16-18,21,23-24,34H,7,12-15,19-20H2,1-4H3/b9-5-,11-8+,22-10+,27-18+,28-6+. The predicted octanol–water partition coefficient (Wildman–Crippen LogP) is 7.95. The fraction of sp³-hybridized carbons (Fsp3) is 0.467. The van der Waals surface area contributed by atoms with Gasteiger partial charge in [0.25, 0.3) is 0 Å². The molecule has 0 bridgehead atoms. The summed E-state index contributed by atoms with van der Waals surface area (Å²) in [5.74, 6) is -1.74. The van der Waals surface area contributed by atoms with Gasteiger partial charge in [0.15, 0.2) is 17.5 Å². The van der Waals surface area contributed by atoms with Crippen molar-refractivity contribution in [1.29, 1.82) is 0 Å². The van der Waals surface area contributed by atoms with Crippen molar-refractivity contribution in [3.8, 4) is 0 Å². The average molecular weight is 505 g/mol. The number of rotatable bonds is 12. The third kappa shape index (κ3) is 8.82. The number of ether oxygens (including phenoxy) is 2. The monoisotopic (exact) mass is 504 g/mol. The summed E-state index contributed by atoms with van der Waals surface area (Å²) in [6.07, 6.45) is 14.2. The molecule has 1 aromatic rings. The van der Waals surface area contributed by atoms with Crippen LogP contribution < -0.4 is 0 Å². The van der Waals surface area contributed by atoms with Crippen LogP contribution in [0.1, 0.15) is 70.4 Å². The maximum absolute atomic E-state index is 14.9. The summed E-state index contributed by atoms with van der Waals surface area (Å²) < 4.78 is 54.4. The minimum Gasteiger partial charge on any atom is -0.491 e. The number of benzene rings is 1. The van der Waals surface area contributed by atoms with Crippen molar-refractivity contribution in [1.82, 2.24) is 0 Å². The number of aliphatic hydroxyl groups excluding tert-OH is 1. The lowest BCUT2D eigenvalue weighted by molar-refractivity contribution is 0.0963. The van der Waals surface area contributed by atoms with E-state index in [-0.39, 0.29) is 42.5 Å². The third-order valence-corrected chi connectivity index (χ3v) is 6.45. The highest BCUT2D eigenvalue weighted by atomic mass is 19.2. The molecule has 6 heteroatoms. The van der Waals surface area contributed by atoms with Gasteiger partial charge >= 0.3 is 0 Å². The summed E-state index contributed by atoms with van der Waals surface area (Å²) in [4.78, 5) is 0. The molecule has 0 heterocycles. The maximum atomic E-state index is 14.9. The van der Waals surface area contributed by atoms with Crippen LogP contribution in [0.5, 0.6) is 0 Å². The van der Waals surface area contributed by atoms with Crippen molar-refractivity contribution in [3.05, 3.63) is 88.5 Å². The van der Waals surface area contributed by atoms with Crippen LogP contribution in [-0.4, -0.2) is 31.0 Å². The van der Waals surface area contributed by atoms with Crippen molar-refractivity contribution in [2.24, 2.45) is 5.92 Å². The molecule has 0 aliphatic heterocycles. The first-order chi connectivity index (χ1) is 17.3. The van der Waals surface area contributed by atoms with Gasteiger partial charge in [-0.25, -0.2) is 13.2 Å². The van der Waals surface area contributed by atoms with Crippen molar-refractivity contribution >= 4 is 6.08 Å². The van der Waals surface area contributed by atoms with E-state index in [0.29, 0.717) is 12.2 Å². The van der Waals surface area contributed by atoms with Crippen molar-refractivity contribution in [2.75, 3.05) is 19.8 Å². The van der Waals surface area contributed by atoms with Gasteiger partial charge in [-0.2, -0.15) is 0 Å². The lowest BCUT2D eigenvalue weighted by Gasteiger charge is -2.30. The first-order valence-electron chi connectivity index (χ1n) is 12.7. The smallest absolute Gasteiger partial charge is 0.166 e. The molecule has 1 aliphatic carbocycles. The SMILES string of the molecule is C\C=C/C(=C\C=C\c1ccc(C2CCC(C(C)O)CC2)c(F)c1F)COC/C=C(F)\C(=C/C)OCC. The lowest BCUT2D eigenvalue weighted by atomic mass is 9.76. The molecule has 0 saturated heterocycles. The number of allylic oxidation sites excluding steroid dienone is 5. The molecule has 0 amide bonds. The predicted molar refractivity (Wildman–Crippen MR) is 140 cm³/mol. The first kappa shape index (κ1) is 29.7. The van der Waals surface area contributed by atoms with E-state index in [9.17, 15) is 18.3 Å². The average Bonchev–Trinajstić information content (AvgIpc) is 2.87. The highest BCUT2D eigenvalue weighted by Gasteiger charge is 2.27. The Labute approximate surface area is 213 Å². The molecule has 1 saturated carbocycles. The molecule has 1 N–H and O–H groups in total. The zero-order valence-corrected chi connectivity index (χ0v) is 21.8. The summed E-state index contributed by atoms with van der Waals surface area (Å²) in [7, 11) is 0. The molecule has 0 radical (unpaired) electrons. The van der Waals surface area contributed by atoms with Crippen molar-refractivity contribution in [3.63, 3.8) is 0 Å². The Kier molecular flexibility index (Phi) is 12.8. The molecule has 2 rings (SSSR count). The van der Waals surface area contributed by atoms with Crippen LogP contribution in [0.3, 0.4) is 0 Å². The lowest BCUT2D eigenvalue weighted by Crippen LogP contribution is -2.23. The summed E-state index contributed by atoms with van der Waals surface area (Å²) in [5.41, 5.74) is 1.38. The molecule has 1 aliphatic rings. The van der Waals surface area contributed by atoms with E-state index in [2.05, 4.69) is 0 Å². The Balaban J connectivity index is 2.01. The molecule has 36 heavy (non-hydrogen) atoms. The Hall–Kier alpha value is -2.57. The first-order valence-corrected chi connectivity index (χ1v) is 12.7. The highest BCUT2D eigenvalue weighted by molar-refractivity contribution is 5.53. The Morgan fingerprint density at radius 2 is 1.86 bits per heavy atom. The largest absolute Gasteiger partial charge is 0.491 e. The van der Waals surface area contributed by atoms with Crippen LogP contribution in [-0.2, 0) is 9.47 Å². The summed E-state index contributed by atoms with van der Waals surface area (Å²) >= 11 is 0. The van der Waals surface area contributed by atoms with Crippen molar-refractivity contribution < 1.29 is 27.8 Å². The molecular formula is C30H39F3O3. The fourth-order valence-corrected chi connectivity index (χ4v) is 4.43. The van der Waals surface area contributed by atoms with E-state index < -0.39 is 17.5 Å². The second-order valence-electron chi connectivity index (χ2n) is 8.98. The molecule has 1 fully saturated rings. The van der Waals surface area contributed by atoms with Gasteiger partial charge in [-0.15, -0.1) is 0 Å². The van der Waals surface area contributed by atoms with E-state index in [1.54, 1.807) is 51.1 Å². The number of halogens is 3. The zero-order chi connectivity index (χ0) is 26.5. The van der Waals surface area contributed by atoms with Crippen LogP contribution in [0.15, 0.2) is 65.7 Å². The van der Waals surface area contributed by atoms with Crippen LogP contribution >= 0.6 is 0 Å². The quantitative estimate of drug-likeness (QED) is 0.178. The summed E-state index contributed by atoms with van der Waals surface area (Å²) in [6, 6.07) is 3.28. The van der Waals surface area contributed by atoms with Gasteiger partial charge < -0.3 is 14.6 Å². The Morgan fingerprint density at radius 3 is 2.47 bits per heavy atom. The number of hydrogen-bond donors (Lipinski definition) is 1. The fourth-order valence-electron chi connectivity index (χ4n) is 4.43. The molecule has 0 spiro atoms. The molecule has 1 atom stereocenters. The minimum atomic E-state index is -0.853. The third-order valence-electron chi connectivity index (χ3n) is 6.45. The van der Waals surface area contributed by atoms with Gasteiger partial charge in [-0.05, 0) is 88.5 Å². The van der Waals surface area contributed by atoms with Crippen LogP contribution in [0.4, 0.5) is 13.2 Å². The Morgan fingerprint density at radius 1 is 1.14 bits per heavy atom. The minimum absolute atomic E-state index is 0.0258. The second kappa shape index (κ2) is 15.5. The molecular weight excluding hydrogens is 465 g/mol. The van der Waals surface area contributed by atoms with E-state index in [1.807, 2.05) is 19.1 Å². The van der Waals surface area contributed by atoms with Crippen LogP contribution in [0, 0.1) is 17.6 Å². The second-order valence-corrected chi connectivity index (χ2v) is 8.98. The topological polar surface area (TPSA) is 38.7 Å². The molecule has 1 aromatic carbocycles. The van der Waals surface area contributed by atoms with Gasteiger partial charge in [0.2, 0.25) is 0 Å². The maximum Gasteiger partial charge on any atom is 0.166 e.